The largest absolute Gasteiger partial charge is 0.497 e. The molecular weight excluding hydrogens is 207 g/mol. The summed E-state index contributed by atoms with van der Waals surface area (Å²) in [6.07, 6.45) is -0.111. The first-order chi connectivity index (χ1) is 7.10. The number of methoxy groups -OCH3 is 1. The number of rotatable bonds is 4. The van der Waals surface area contributed by atoms with Crippen molar-refractivity contribution in [3.8, 4) is 5.75 Å². The van der Waals surface area contributed by atoms with Crippen molar-refractivity contribution in [2.45, 2.75) is 12.5 Å². The van der Waals surface area contributed by atoms with Crippen LogP contribution in [-0.4, -0.2) is 13.8 Å². The van der Waals surface area contributed by atoms with Crippen molar-refractivity contribution < 1.29 is 17.9 Å². The van der Waals surface area contributed by atoms with E-state index in [1.165, 1.54) is 7.11 Å². The normalized spacial score (nSPS) is 12.6. The third-order valence-corrected chi connectivity index (χ3v) is 2.08. The quantitative estimate of drug-likeness (QED) is 0.843. The molecule has 15 heavy (non-hydrogen) atoms. The molecule has 0 amide bonds. The van der Waals surface area contributed by atoms with Crippen LogP contribution in [0.15, 0.2) is 12.1 Å². The molecule has 5 heteroatoms. The summed E-state index contributed by atoms with van der Waals surface area (Å²) in [5.41, 5.74) is 5.14. The molecule has 2 nitrogen and oxygen atoms in total. The lowest BCUT2D eigenvalue weighted by atomic mass is 10.0. The Hall–Kier alpha value is -1.23. The van der Waals surface area contributed by atoms with Gasteiger partial charge in [0.05, 0.1) is 13.8 Å². The molecule has 1 aromatic carbocycles. The third kappa shape index (κ3) is 2.62. The minimum atomic E-state index is -0.971. The average Bonchev–Trinajstić information content (AvgIpc) is 2.16. The maximum atomic E-state index is 13.3. The number of hydrogen-bond acceptors (Lipinski definition) is 2. The van der Waals surface area contributed by atoms with E-state index in [2.05, 4.69) is 4.74 Å². The summed E-state index contributed by atoms with van der Waals surface area (Å²) in [5, 5.41) is 0. The Morgan fingerprint density at radius 2 is 1.87 bits per heavy atom. The highest BCUT2D eigenvalue weighted by Crippen LogP contribution is 2.26. The first-order valence-corrected chi connectivity index (χ1v) is 4.44. The van der Waals surface area contributed by atoms with Crippen molar-refractivity contribution in [2.24, 2.45) is 5.73 Å². The van der Waals surface area contributed by atoms with Crippen molar-refractivity contribution in [2.75, 3.05) is 13.8 Å². The van der Waals surface area contributed by atoms with Crippen LogP contribution in [0.1, 0.15) is 18.0 Å². The Bertz CT molecular complexity index is 320. The lowest BCUT2D eigenvalue weighted by molar-refractivity contribution is 0.398. The molecule has 0 radical (unpaired) electrons. The first-order valence-electron chi connectivity index (χ1n) is 4.44. The van der Waals surface area contributed by atoms with Gasteiger partial charge in [-0.1, -0.05) is 0 Å². The van der Waals surface area contributed by atoms with Gasteiger partial charge in [-0.3, -0.25) is 4.39 Å². The summed E-state index contributed by atoms with van der Waals surface area (Å²) in [6.45, 7) is -0.716. The molecule has 0 aliphatic heterocycles. The second-order valence-corrected chi connectivity index (χ2v) is 3.09. The highest BCUT2D eigenvalue weighted by Gasteiger charge is 2.18. The van der Waals surface area contributed by atoms with E-state index >= 15 is 0 Å². The summed E-state index contributed by atoms with van der Waals surface area (Å²) < 4.78 is 43.4. The maximum absolute atomic E-state index is 13.3. The molecule has 0 saturated carbocycles. The van der Waals surface area contributed by atoms with Gasteiger partial charge in [0.25, 0.3) is 0 Å². The van der Waals surface area contributed by atoms with Crippen LogP contribution in [0.25, 0.3) is 0 Å². The number of halogens is 3. The Morgan fingerprint density at radius 1 is 1.33 bits per heavy atom. The van der Waals surface area contributed by atoms with Gasteiger partial charge in [0.1, 0.15) is 17.4 Å². The van der Waals surface area contributed by atoms with Crippen LogP contribution in [0.5, 0.6) is 5.75 Å². The predicted molar refractivity (Wildman–Crippen MR) is 50.4 cm³/mol. The Balaban J connectivity index is 3.07. The fourth-order valence-electron chi connectivity index (χ4n) is 1.30. The van der Waals surface area contributed by atoms with Crippen molar-refractivity contribution in [3.63, 3.8) is 0 Å². The molecule has 2 N–H and O–H groups in total. The van der Waals surface area contributed by atoms with Gasteiger partial charge in [0.15, 0.2) is 0 Å². The second-order valence-electron chi connectivity index (χ2n) is 3.09. The van der Waals surface area contributed by atoms with Crippen LogP contribution >= 0.6 is 0 Å². The van der Waals surface area contributed by atoms with Gasteiger partial charge in [0, 0.05) is 23.7 Å². The zero-order chi connectivity index (χ0) is 11.4. The van der Waals surface area contributed by atoms with Crippen molar-refractivity contribution >= 4 is 0 Å². The number of ether oxygens (including phenoxy) is 1. The van der Waals surface area contributed by atoms with E-state index in [0.717, 1.165) is 12.1 Å². The van der Waals surface area contributed by atoms with Gasteiger partial charge >= 0.3 is 0 Å². The van der Waals surface area contributed by atoms with Gasteiger partial charge in [-0.15, -0.1) is 0 Å². The lowest BCUT2D eigenvalue weighted by Gasteiger charge is -2.13. The first kappa shape index (κ1) is 11.8. The van der Waals surface area contributed by atoms with E-state index in [-0.39, 0.29) is 17.7 Å². The molecule has 0 spiro atoms. The summed E-state index contributed by atoms with van der Waals surface area (Å²) in [5.74, 6) is -1.55. The van der Waals surface area contributed by atoms with E-state index in [1.807, 2.05) is 0 Å². The molecule has 0 saturated heterocycles. The van der Waals surface area contributed by atoms with Gasteiger partial charge in [-0.2, -0.15) is 0 Å². The second kappa shape index (κ2) is 5.02. The minimum absolute atomic E-state index is 0.0706. The summed E-state index contributed by atoms with van der Waals surface area (Å²) in [7, 11) is 1.30. The van der Waals surface area contributed by atoms with Crippen LogP contribution in [0.4, 0.5) is 13.2 Å². The summed E-state index contributed by atoms with van der Waals surface area (Å²) in [6, 6.07) is 1.08. The highest BCUT2D eigenvalue weighted by molar-refractivity contribution is 5.32. The average molecular weight is 219 g/mol. The highest BCUT2D eigenvalue weighted by atomic mass is 19.1. The Morgan fingerprint density at radius 3 is 2.27 bits per heavy atom. The fraction of sp³-hybridized carbons (Fsp3) is 0.400. The SMILES string of the molecule is COc1cc(F)c([C@@H](N)CCF)c(F)c1. The number of hydrogen-bond donors (Lipinski definition) is 1. The molecule has 1 atom stereocenters. The number of benzene rings is 1. The van der Waals surface area contributed by atoms with E-state index in [0.29, 0.717) is 0 Å². The molecule has 0 bridgehead atoms. The van der Waals surface area contributed by atoms with E-state index < -0.39 is 24.4 Å². The van der Waals surface area contributed by atoms with Crippen LogP contribution < -0.4 is 10.5 Å². The maximum Gasteiger partial charge on any atom is 0.134 e. The van der Waals surface area contributed by atoms with Crippen molar-refractivity contribution in [1.29, 1.82) is 0 Å². The lowest BCUT2D eigenvalue weighted by Crippen LogP contribution is -2.15. The third-order valence-electron chi connectivity index (χ3n) is 2.08. The molecule has 0 heterocycles. The molecule has 0 aromatic heterocycles. The zero-order valence-corrected chi connectivity index (χ0v) is 8.27. The minimum Gasteiger partial charge on any atom is -0.497 e. The van der Waals surface area contributed by atoms with Crippen molar-refractivity contribution in [1.82, 2.24) is 0 Å². The monoisotopic (exact) mass is 219 g/mol. The van der Waals surface area contributed by atoms with E-state index in [9.17, 15) is 13.2 Å². The van der Waals surface area contributed by atoms with Gasteiger partial charge in [-0.25, -0.2) is 8.78 Å². The molecule has 0 unspecified atom stereocenters. The fourth-order valence-corrected chi connectivity index (χ4v) is 1.30. The van der Waals surface area contributed by atoms with E-state index in [4.69, 9.17) is 5.73 Å². The topological polar surface area (TPSA) is 35.2 Å². The molecule has 1 aromatic rings. The van der Waals surface area contributed by atoms with Crippen LogP contribution in [0, 0.1) is 11.6 Å². The molecule has 0 aliphatic carbocycles. The molecule has 1 rings (SSSR count). The molecule has 84 valence electrons. The molecule has 0 fully saturated rings. The Kier molecular flexibility index (Phi) is 3.96. The van der Waals surface area contributed by atoms with Gasteiger partial charge < -0.3 is 10.5 Å². The summed E-state index contributed by atoms with van der Waals surface area (Å²) in [4.78, 5) is 0. The van der Waals surface area contributed by atoms with Crippen LogP contribution in [-0.2, 0) is 0 Å². The number of alkyl halides is 1. The number of nitrogens with two attached hydrogens (primary N) is 1. The van der Waals surface area contributed by atoms with Crippen LogP contribution in [0.3, 0.4) is 0 Å². The standard InChI is InChI=1S/C10H12F3NO/c1-15-6-4-7(12)10(8(13)5-6)9(14)2-3-11/h4-5,9H,2-3,14H2,1H3/t9-/m0/s1. The van der Waals surface area contributed by atoms with Gasteiger partial charge in [-0.05, 0) is 6.42 Å². The smallest absolute Gasteiger partial charge is 0.134 e. The summed E-state index contributed by atoms with van der Waals surface area (Å²) >= 11 is 0. The molecule has 0 aliphatic rings. The van der Waals surface area contributed by atoms with Gasteiger partial charge in [0.2, 0.25) is 0 Å². The van der Waals surface area contributed by atoms with Crippen molar-refractivity contribution in [3.05, 3.63) is 29.3 Å². The Labute approximate surface area is 85.8 Å². The van der Waals surface area contributed by atoms with Crippen LogP contribution in [0.2, 0.25) is 0 Å². The predicted octanol–water partition coefficient (Wildman–Crippen LogP) is 2.33. The van der Waals surface area contributed by atoms with E-state index in [1.54, 1.807) is 0 Å². The molecular formula is C10H12F3NO. The zero-order valence-electron chi connectivity index (χ0n) is 8.27.